The Morgan fingerprint density at radius 1 is 1.19 bits per heavy atom. The summed E-state index contributed by atoms with van der Waals surface area (Å²) in [4.78, 5) is 30.5. The van der Waals surface area contributed by atoms with Crippen LogP contribution in [0.2, 0.25) is 0 Å². The van der Waals surface area contributed by atoms with Crippen molar-refractivity contribution in [3.05, 3.63) is 54.0 Å². The maximum atomic E-state index is 13.9. The van der Waals surface area contributed by atoms with Crippen LogP contribution >= 0.6 is 0 Å². The third-order valence-corrected chi connectivity index (χ3v) is 4.32. The summed E-state index contributed by atoms with van der Waals surface area (Å²) in [6.07, 6.45) is 1.13. The molecule has 1 amide bonds. The van der Waals surface area contributed by atoms with Gasteiger partial charge >= 0.3 is 5.97 Å². The molecule has 8 heteroatoms. The fraction of sp³-hybridized carbons (Fsp3) is 0.316. The molecule has 0 unspecified atom stereocenters. The zero-order valence-corrected chi connectivity index (χ0v) is 14.9. The van der Waals surface area contributed by atoms with Crippen LogP contribution in [0.5, 0.6) is 11.6 Å². The Bertz CT molecular complexity index is 844. The highest BCUT2D eigenvalue weighted by atomic mass is 19.1. The third-order valence-electron chi connectivity index (χ3n) is 4.32. The Labute approximate surface area is 155 Å². The van der Waals surface area contributed by atoms with Crippen LogP contribution in [0, 0.1) is 5.82 Å². The van der Waals surface area contributed by atoms with Gasteiger partial charge < -0.3 is 19.1 Å². The smallest absolute Gasteiger partial charge is 0.328 e. The first-order chi connectivity index (χ1) is 13.0. The first-order valence-electron chi connectivity index (χ1n) is 8.34. The molecule has 7 nitrogen and oxygen atoms in total. The van der Waals surface area contributed by atoms with E-state index < -0.39 is 29.8 Å². The van der Waals surface area contributed by atoms with E-state index in [-0.39, 0.29) is 30.2 Å². The summed E-state index contributed by atoms with van der Waals surface area (Å²) in [7, 11) is 2.66. The molecule has 0 radical (unpaired) electrons. The predicted octanol–water partition coefficient (Wildman–Crippen LogP) is 2.06. The Kier molecular flexibility index (Phi) is 5.54. The minimum atomic E-state index is -0.843. The molecule has 27 heavy (non-hydrogen) atoms. The van der Waals surface area contributed by atoms with E-state index >= 15 is 0 Å². The van der Waals surface area contributed by atoms with Crippen molar-refractivity contribution in [3.8, 4) is 11.6 Å². The summed E-state index contributed by atoms with van der Waals surface area (Å²) in [5.41, 5.74) is 0.223. The largest absolute Gasteiger partial charge is 0.485 e. The van der Waals surface area contributed by atoms with Gasteiger partial charge in [0.15, 0.2) is 11.6 Å². The first-order valence-corrected chi connectivity index (χ1v) is 8.34. The minimum absolute atomic E-state index is 0.0689. The number of para-hydroxylation sites is 1. The second kappa shape index (κ2) is 8.03. The van der Waals surface area contributed by atoms with Crippen LogP contribution in [0.15, 0.2) is 42.6 Å². The van der Waals surface area contributed by atoms with Gasteiger partial charge in [0.25, 0.3) is 5.91 Å². The number of ether oxygens (including phenoxy) is 3. The van der Waals surface area contributed by atoms with Crippen LogP contribution in [0.4, 0.5) is 4.39 Å². The Balaban J connectivity index is 1.85. The Morgan fingerprint density at radius 2 is 1.96 bits per heavy atom. The number of esters is 1. The van der Waals surface area contributed by atoms with Gasteiger partial charge in [0.05, 0.1) is 20.8 Å². The molecule has 1 saturated heterocycles. The number of benzene rings is 1. The highest BCUT2D eigenvalue weighted by molar-refractivity contribution is 5.99. The lowest BCUT2D eigenvalue weighted by molar-refractivity contribution is -0.145. The number of hydrogen-bond donors (Lipinski definition) is 0. The van der Waals surface area contributed by atoms with Gasteiger partial charge in [-0.05, 0) is 24.3 Å². The maximum absolute atomic E-state index is 13.9. The number of aromatic nitrogens is 1. The Hall–Kier alpha value is -3.16. The third kappa shape index (κ3) is 3.84. The van der Waals surface area contributed by atoms with Crippen molar-refractivity contribution in [1.29, 1.82) is 0 Å². The number of pyridine rings is 1. The lowest BCUT2D eigenvalue weighted by Crippen LogP contribution is -2.41. The van der Waals surface area contributed by atoms with Crippen LogP contribution in [-0.4, -0.2) is 54.7 Å². The molecular weight excluding hydrogens is 355 g/mol. The van der Waals surface area contributed by atoms with E-state index in [1.54, 1.807) is 24.3 Å². The average molecular weight is 374 g/mol. The molecule has 0 bridgehead atoms. The van der Waals surface area contributed by atoms with Gasteiger partial charge in [-0.1, -0.05) is 12.1 Å². The normalized spacial score (nSPS) is 18.9. The zero-order chi connectivity index (χ0) is 19.4. The molecule has 0 aliphatic carbocycles. The van der Waals surface area contributed by atoms with Crippen LogP contribution in [0.25, 0.3) is 0 Å². The van der Waals surface area contributed by atoms with Gasteiger partial charge in [-0.15, -0.1) is 0 Å². The average Bonchev–Trinajstić information content (AvgIpc) is 3.12. The SMILES string of the molecule is COC(=O)[C@H]1C[C@H](Oc2ccccc2F)CN1C(=O)c1cccnc1OC. The molecule has 0 spiro atoms. The van der Waals surface area contributed by atoms with Crippen molar-refractivity contribution in [2.75, 3.05) is 20.8 Å². The van der Waals surface area contributed by atoms with Crippen LogP contribution < -0.4 is 9.47 Å². The van der Waals surface area contributed by atoms with Gasteiger partial charge in [-0.3, -0.25) is 4.79 Å². The summed E-state index contributed by atoms with van der Waals surface area (Å²) in [6, 6.07) is 8.31. The van der Waals surface area contributed by atoms with Crippen molar-refractivity contribution >= 4 is 11.9 Å². The highest BCUT2D eigenvalue weighted by Gasteiger charge is 2.42. The summed E-state index contributed by atoms with van der Waals surface area (Å²) < 4.78 is 29.5. The number of hydrogen-bond acceptors (Lipinski definition) is 6. The van der Waals surface area contributed by atoms with Crippen LogP contribution in [0.3, 0.4) is 0 Å². The molecular formula is C19H19FN2O5. The fourth-order valence-electron chi connectivity index (χ4n) is 3.06. The number of methoxy groups -OCH3 is 2. The molecule has 2 atom stereocenters. The molecule has 142 valence electrons. The highest BCUT2D eigenvalue weighted by Crippen LogP contribution is 2.28. The number of rotatable bonds is 5. The van der Waals surface area contributed by atoms with Crippen molar-refractivity contribution in [2.45, 2.75) is 18.6 Å². The molecule has 2 heterocycles. The molecule has 2 aromatic rings. The number of carbonyl (C=O) groups is 2. The van der Waals surface area contributed by atoms with Crippen LogP contribution in [-0.2, 0) is 9.53 Å². The minimum Gasteiger partial charge on any atom is -0.485 e. The van der Waals surface area contributed by atoms with Crippen molar-refractivity contribution in [3.63, 3.8) is 0 Å². The van der Waals surface area contributed by atoms with E-state index in [0.717, 1.165) is 0 Å². The molecule has 1 aliphatic heterocycles. The molecule has 3 rings (SSSR count). The lowest BCUT2D eigenvalue weighted by Gasteiger charge is -2.22. The second-order valence-electron chi connectivity index (χ2n) is 5.96. The summed E-state index contributed by atoms with van der Waals surface area (Å²) in [5, 5.41) is 0. The van der Waals surface area contributed by atoms with Gasteiger partial charge in [0, 0.05) is 12.6 Å². The maximum Gasteiger partial charge on any atom is 0.328 e. The molecule has 1 aromatic heterocycles. The summed E-state index contributed by atoms with van der Waals surface area (Å²) in [6.45, 7) is 0.102. The van der Waals surface area contributed by atoms with Crippen molar-refractivity contribution < 1.29 is 28.2 Å². The molecule has 1 fully saturated rings. The molecule has 0 saturated carbocycles. The van der Waals surface area contributed by atoms with E-state index in [4.69, 9.17) is 14.2 Å². The summed E-state index contributed by atoms with van der Waals surface area (Å²) >= 11 is 0. The van der Waals surface area contributed by atoms with E-state index in [1.807, 2.05) is 0 Å². The number of halogens is 1. The van der Waals surface area contributed by atoms with Crippen molar-refractivity contribution in [2.24, 2.45) is 0 Å². The van der Waals surface area contributed by atoms with Gasteiger partial charge in [0.1, 0.15) is 17.7 Å². The Morgan fingerprint density at radius 3 is 2.67 bits per heavy atom. The fourth-order valence-corrected chi connectivity index (χ4v) is 3.06. The number of amides is 1. The predicted molar refractivity (Wildman–Crippen MR) is 93.1 cm³/mol. The molecule has 1 aliphatic rings. The van der Waals surface area contributed by atoms with E-state index in [1.165, 1.54) is 37.4 Å². The quantitative estimate of drug-likeness (QED) is 0.746. The number of likely N-dealkylation sites (tertiary alicyclic amines) is 1. The van der Waals surface area contributed by atoms with Gasteiger partial charge in [-0.25, -0.2) is 14.2 Å². The van der Waals surface area contributed by atoms with Gasteiger partial charge in [0.2, 0.25) is 5.88 Å². The number of nitrogens with zero attached hydrogens (tertiary/aromatic N) is 2. The first kappa shape index (κ1) is 18.6. The second-order valence-corrected chi connectivity index (χ2v) is 5.96. The molecule has 1 aromatic carbocycles. The molecule has 0 N–H and O–H groups in total. The lowest BCUT2D eigenvalue weighted by atomic mass is 10.2. The number of carbonyl (C=O) groups excluding carboxylic acids is 2. The zero-order valence-electron chi connectivity index (χ0n) is 14.9. The standard InChI is InChI=1S/C19H19FN2O5/c1-25-17-13(6-5-9-21-17)18(23)22-11-12(10-15(22)19(24)26-2)27-16-8-4-3-7-14(16)20/h3-9,12,15H,10-11H2,1-2H3/t12-,15+/m0/s1. The van der Waals surface area contributed by atoms with Crippen LogP contribution in [0.1, 0.15) is 16.8 Å². The van der Waals surface area contributed by atoms with Gasteiger partial charge in [-0.2, -0.15) is 0 Å². The monoisotopic (exact) mass is 374 g/mol. The van der Waals surface area contributed by atoms with Crippen molar-refractivity contribution in [1.82, 2.24) is 9.88 Å². The topological polar surface area (TPSA) is 78.0 Å². The van der Waals surface area contributed by atoms with E-state index in [2.05, 4.69) is 4.98 Å². The van der Waals surface area contributed by atoms with E-state index in [9.17, 15) is 14.0 Å². The summed E-state index contributed by atoms with van der Waals surface area (Å²) in [5.74, 6) is -1.28. The van der Waals surface area contributed by atoms with E-state index in [0.29, 0.717) is 0 Å².